The molecule has 1 saturated heterocycles. The summed E-state index contributed by atoms with van der Waals surface area (Å²) in [4.78, 5) is 2.36. The molecule has 0 aromatic carbocycles. The molecule has 2 rings (SSSR count). The summed E-state index contributed by atoms with van der Waals surface area (Å²) < 4.78 is 1.72. The molecule has 0 radical (unpaired) electrons. The van der Waals surface area contributed by atoms with Gasteiger partial charge < -0.3 is 10.6 Å². The molecular weight excluding hydrogens is 222 g/mol. The summed E-state index contributed by atoms with van der Waals surface area (Å²) in [5.41, 5.74) is 7.23. The highest BCUT2D eigenvalue weighted by Crippen LogP contribution is 2.18. The molecule has 2 unspecified atom stereocenters. The molecule has 1 aliphatic rings. The Labute approximate surface area is 100 Å². The van der Waals surface area contributed by atoms with Crippen LogP contribution in [0.4, 0.5) is 0 Å². The van der Waals surface area contributed by atoms with Gasteiger partial charge in [-0.2, -0.15) is 11.8 Å². The van der Waals surface area contributed by atoms with E-state index in [9.17, 15) is 0 Å². The van der Waals surface area contributed by atoms with E-state index in [1.807, 2.05) is 25.0 Å². The second-order valence-corrected chi connectivity index (χ2v) is 5.52. The van der Waals surface area contributed by atoms with Crippen molar-refractivity contribution in [1.29, 1.82) is 0 Å². The number of likely N-dealkylation sites (N-methyl/N-ethyl adjacent to an activating group) is 1. The molecule has 5 nitrogen and oxygen atoms in total. The molecule has 0 bridgehead atoms. The highest BCUT2D eigenvalue weighted by atomic mass is 32.2. The van der Waals surface area contributed by atoms with E-state index in [1.54, 1.807) is 4.68 Å². The van der Waals surface area contributed by atoms with E-state index in [0.29, 0.717) is 6.04 Å². The quantitative estimate of drug-likeness (QED) is 0.789. The third-order valence-corrected chi connectivity index (χ3v) is 4.08. The van der Waals surface area contributed by atoms with Crippen LogP contribution >= 0.6 is 11.8 Å². The highest BCUT2D eigenvalue weighted by Gasteiger charge is 2.26. The Morgan fingerprint density at radius 3 is 3.06 bits per heavy atom. The second-order valence-electron chi connectivity index (χ2n) is 4.37. The van der Waals surface area contributed by atoms with Crippen molar-refractivity contribution in [1.82, 2.24) is 19.9 Å². The van der Waals surface area contributed by atoms with Gasteiger partial charge in [0.05, 0.1) is 5.69 Å². The number of nitrogens with two attached hydrogens (primary N) is 1. The van der Waals surface area contributed by atoms with Gasteiger partial charge in [0, 0.05) is 49.8 Å². The first-order valence-corrected chi connectivity index (χ1v) is 6.71. The zero-order chi connectivity index (χ0) is 11.5. The Bertz CT molecular complexity index is 340. The Balaban J connectivity index is 1.93. The molecule has 0 aliphatic carbocycles. The van der Waals surface area contributed by atoms with E-state index < -0.39 is 0 Å². The van der Waals surface area contributed by atoms with Crippen LogP contribution < -0.4 is 5.73 Å². The summed E-state index contributed by atoms with van der Waals surface area (Å²) in [6.07, 6.45) is 2.75. The van der Waals surface area contributed by atoms with Crippen molar-refractivity contribution in [2.75, 3.05) is 25.1 Å². The summed E-state index contributed by atoms with van der Waals surface area (Å²) in [6, 6.07) is 0.607. The predicted octanol–water partition coefficient (Wildman–Crippen LogP) is -0.268. The van der Waals surface area contributed by atoms with Gasteiger partial charge in [0.15, 0.2) is 0 Å². The summed E-state index contributed by atoms with van der Waals surface area (Å²) in [7, 11) is 4.03. The number of aromatic nitrogens is 3. The minimum Gasteiger partial charge on any atom is -0.326 e. The number of rotatable bonds is 3. The van der Waals surface area contributed by atoms with Gasteiger partial charge in [-0.15, -0.1) is 5.10 Å². The van der Waals surface area contributed by atoms with Gasteiger partial charge in [0.1, 0.15) is 0 Å². The number of aryl methyl sites for hydroxylation is 1. The lowest BCUT2D eigenvalue weighted by molar-refractivity contribution is 0.235. The second kappa shape index (κ2) is 5.16. The van der Waals surface area contributed by atoms with Gasteiger partial charge in [-0.25, -0.2) is 0 Å². The molecule has 0 saturated carbocycles. The lowest BCUT2D eigenvalue weighted by atomic mass is 10.0. The lowest BCUT2D eigenvalue weighted by Crippen LogP contribution is -2.51. The van der Waals surface area contributed by atoms with Crippen LogP contribution in [-0.4, -0.2) is 57.1 Å². The molecule has 0 amide bonds. The van der Waals surface area contributed by atoms with Crippen LogP contribution in [0.1, 0.15) is 5.69 Å². The van der Waals surface area contributed by atoms with Crippen molar-refractivity contribution in [2.24, 2.45) is 12.8 Å². The van der Waals surface area contributed by atoms with Crippen molar-refractivity contribution in [2.45, 2.75) is 18.5 Å². The van der Waals surface area contributed by atoms with E-state index in [-0.39, 0.29) is 6.04 Å². The minimum absolute atomic E-state index is 0.148. The lowest BCUT2D eigenvalue weighted by Gasteiger charge is -2.35. The predicted molar refractivity (Wildman–Crippen MR) is 66.4 cm³/mol. The standard InChI is InChI=1S/C10H19N5S/c1-14-3-4-16-7-10(14)9(11)5-8-6-15(2)13-12-8/h6,9-10H,3-5,7,11H2,1-2H3. The molecule has 2 heterocycles. The molecule has 1 aromatic rings. The van der Waals surface area contributed by atoms with Crippen molar-refractivity contribution in [3.8, 4) is 0 Å². The van der Waals surface area contributed by atoms with Crippen molar-refractivity contribution in [3.63, 3.8) is 0 Å². The van der Waals surface area contributed by atoms with Crippen LogP contribution in [0.2, 0.25) is 0 Å². The van der Waals surface area contributed by atoms with Crippen molar-refractivity contribution in [3.05, 3.63) is 11.9 Å². The molecule has 0 spiro atoms. The van der Waals surface area contributed by atoms with Crippen molar-refractivity contribution >= 4 is 11.8 Å². The first-order chi connectivity index (χ1) is 7.66. The highest BCUT2D eigenvalue weighted by molar-refractivity contribution is 7.99. The molecule has 6 heteroatoms. The summed E-state index contributed by atoms with van der Waals surface area (Å²) in [5.74, 6) is 2.34. The molecule has 2 N–H and O–H groups in total. The zero-order valence-electron chi connectivity index (χ0n) is 9.83. The smallest absolute Gasteiger partial charge is 0.0843 e. The summed E-state index contributed by atoms with van der Waals surface area (Å²) in [5, 5.41) is 8.01. The Morgan fingerprint density at radius 2 is 2.44 bits per heavy atom. The van der Waals surface area contributed by atoms with E-state index in [2.05, 4.69) is 22.3 Å². The van der Waals surface area contributed by atoms with E-state index in [1.165, 1.54) is 5.75 Å². The fraction of sp³-hybridized carbons (Fsp3) is 0.800. The van der Waals surface area contributed by atoms with E-state index >= 15 is 0 Å². The zero-order valence-corrected chi connectivity index (χ0v) is 10.7. The molecule has 1 fully saturated rings. The number of hydrogen-bond acceptors (Lipinski definition) is 5. The topological polar surface area (TPSA) is 60.0 Å². The summed E-state index contributed by atoms with van der Waals surface area (Å²) >= 11 is 1.99. The van der Waals surface area contributed by atoms with Gasteiger partial charge >= 0.3 is 0 Å². The molecule has 1 aliphatic heterocycles. The Hall–Kier alpha value is -0.590. The minimum atomic E-state index is 0.148. The third-order valence-electron chi connectivity index (χ3n) is 3.03. The average molecular weight is 241 g/mol. The number of thioether (sulfide) groups is 1. The molecule has 1 aromatic heterocycles. The van der Waals surface area contributed by atoms with Gasteiger partial charge in [0.2, 0.25) is 0 Å². The monoisotopic (exact) mass is 241 g/mol. The molecule has 90 valence electrons. The van der Waals surface area contributed by atoms with E-state index in [0.717, 1.165) is 24.4 Å². The van der Waals surface area contributed by atoms with Gasteiger partial charge in [0.25, 0.3) is 0 Å². The van der Waals surface area contributed by atoms with Crippen LogP contribution in [0.3, 0.4) is 0 Å². The maximum absolute atomic E-state index is 6.25. The van der Waals surface area contributed by atoms with Crippen LogP contribution in [0.5, 0.6) is 0 Å². The van der Waals surface area contributed by atoms with Crippen LogP contribution in [0.15, 0.2) is 6.20 Å². The van der Waals surface area contributed by atoms with Crippen LogP contribution in [0, 0.1) is 0 Å². The first-order valence-electron chi connectivity index (χ1n) is 5.55. The molecule has 16 heavy (non-hydrogen) atoms. The van der Waals surface area contributed by atoms with Gasteiger partial charge in [-0.3, -0.25) is 4.68 Å². The van der Waals surface area contributed by atoms with Crippen LogP contribution in [0.25, 0.3) is 0 Å². The number of hydrogen-bond donors (Lipinski definition) is 1. The van der Waals surface area contributed by atoms with Gasteiger partial charge in [-0.1, -0.05) is 5.21 Å². The van der Waals surface area contributed by atoms with Crippen molar-refractivity contribution < 1.29 is 0 Å². The van der Waals surface area contributed by atoms with E-state index in [4.69, 9.17) is 5.73 Å². The molecule has 2 atom stereocenters. The maximum Gasteiger partial charge on any atom is 0.0843 e. The first kappa shape index (κ1) is 11.9. The van der Waals surface area contributed by atoms with Gasteiger partial charge in [-0.05, 0) is 7.05 Å². The fourth-order valence-electron chi connectivity index (χ4n) is 2.02. The maximum atomic E-state index is 6.25. The summed E-state index contributed by atoms with van der Waals surface area (Å²) in [6.45, 7) is 1.13. The Morgan fingerprint density at radius 1 is 1.62 bits per heavy atom. The average Bonchev–Trinajstić information content (AvgIpc) is 2.64. The molecular formula is C10H19N5S. The Kier molecular flexibility index (Phi) is 3.83. The third kappa shape index (κ3) is 2.75. The normalized spacial score (nSPS) is 24.6. The fourth-order valence-corrected chi connectivity index (χ4v) is 3.35. The largest absolute Gasteiger partial charge is 0.326 e. The SMILES string of the molecule is CN1CCSCC1C(N)Cc1cn(C)nn1. The number of nitrogens with zero attached hydrogens (tertiary/aromatic N) is 4. The van der Waals surface area contributed by atoms with Crippen LogP contribution in [-0.2, 0) is 13.5 Å².